The summed E-state index contributed by atoms with van der Waals surface area (Å²) in [5.41, 5.74) is 7.88. The molecule has 0 aromatic heterocycles. The standard InChI is InChI=1S/C10H10N2S/c11-10(13)12-9-6-5-7-3-1-2-4-8(7)9/h1-6,9H,(H3,11,12,13). The fourth-order valence-electron chi connectivity index (χ4n) is 1.53. The van der Waals surface area contributed by atoms with Crippen molar-refractivity contribution in [2.24, 2.45) is 5.73 Å². The van der Waals surface area contributed by atoms with Crippen LogP contribution in [-0.2, 0) is 0 Å². The fraction of sp³-hybridized carbons (Fsp3) is 0.100. The number of nitrogens with one attached hydrogen (secondary N) is 1. The molecule has 2 rings (SSSR count). The molecule has 0 fully saturated rings. The largest absolute Gasteiger partial charge is 0.376 e. The molecule has 1 aliphatic rings. The quantitative estimate of drug-likeness (QED) is 0.660. The molecule has 3 N–H and O–H groups in total. The second-order valence-corrected chi connectivity index (χ2v) is 3.41. The van der Waals surface area contributed by atoms with Gasteiger partial charge in [-0.3, -0.25) is 0 Å². The summed E-state index contributed by atoms with van der Waals surface area (Å²) in [4.78, 5) is 0. The Morgan fingerprint density at radius 1 is 1.38 bits per heavy atom. The molecule has 0 saturated carbocycles. The zero-order chi connectivity index (χ0) is 9.26. The lowest BCUT2D eigenvalue weighted by Gasteiger charge is -2.12. The van der Waals surface area contributed by atoms with E-state index in [9.17, 15) is 0 Å². The number of thiocarbonyl (C=S) groups is 1. The zero-order valence-corrected chi connectivity index (χ0v) is 7.84. The summed E-state index contributed by atoms with van der Waals surface area (Å²) < 4.78 is 0. The second kappa shape index (κ2) is 3.18. The number of hydrogen-bond acceptors (Lipinski definition) is 1. The molecule has 0 heterocycles. The molecule has 0 bridgehead atoms. The molecule has 1 unspecified atom stereocenters. The maximum Gasteiger partial charge on any atom is 0.164 e. The van der Waals surface area contributed by atoms with Gasteiger partial charge in [-0.2, -0.15) is 0 Å². The van der Waals surface area contributed by atoms with E-state index >= 15 is 0 Å². The maximum absolute atomic E-state index is 5.42. The summed E-state index contributed by atoms with van der Waals surface area (Å²) in [5, 5.41) is 3.36. The first-order chi connectivity index (χ1) is 6.27. The first-order valence-electron chi connectivity index (χ1n) is 4.10. The number of fused-ring (bicyclic) bond motifs is 1. The predicted molar refractivity (Wildman–Crippen MR) is 58.1 cm³/mol. The Bertz CT molecular complexity index is 371. The Balaban J connectivity index is 2.28. The summed E-state index contributed by atoms with van der Waals surface area (Å²) in [6.45, 7) is 0. The van der Waals surface area contributed by atoms with Gasteiger partial charge in [0, 0.05) is 0 Å². The van der Waals surface area contributed by atoms with Crippen molar-refractivity contribution in [1.29, 1.82) is 0 Å². The summed E-state index contributed by atoms with van der Waals surface area (Å²) >= 11 is 4.79. The fourth-order valence-corrected chi connectivity index (χ4v) is 1.66. The maximum atomic E-state index is 5.42. The Hall–Kier alpha value is -1.35. The van der Waals surface area contributed by atoms with Gasteiger partial charge >= 0.3 is 0 Å². The molecule has 0 saturated heterocycles. The summed E-state index contributed by atoms with van der Waals surface area (Å²) in [5.74, 6) is 0. The third-order valence-corrected chi connectivity index (χ3v) is 2.21. The smallest absolute Gasteiger partial charge is 0.164 e. The summed E-state index contributed by atoms with van der Waals surface area (Å²) in [6, 6.07) is 8.33. The van der Waals surface area contributed by atoms with Crippen LogP contribution in [0, 0.1) is 0 Å². The minimum atomic E-state index is 0.147. The molecule has 1 atom stereocenters. The van der Waals surface area contributed by atoms with Gasteiger partial charge in [0.05, 0.1) is 6.04 Å². The van der Waals surface area contributed by atoms with Crippen molar-refractivity contribution in [3.05, 3.63) is 41.5 Å². The lowest BCUT2D eigenvalue weighted by molar-refractivity contribution is 0.808. The first kappa shape index (κ1) is 8.26. The van der Waals surface area contributed by atoms with Crippen LogP contribution in [0.1, 0.15) is 17.2 Å². The van der Waals surface area contributed by atoms with Crippen LogP contribution in [0.15, 0.2) is 30.3 Å². The molecular formula is C10H10N2S. The normalized spacial score (nSPS) is 18.3. The first-order valence-corrected chi connectivity index (χ1v) is 4.51. The van der Waals surface area contributed by atoms with Crippen LogP contribution in [0.25, 0.3) is 6.08 Å². The van der Waals surface area contributed by atoms with Crippen LogP contribution < -0.4 is 11.1 Å². The lowest BCUT2D eigenvalue weighted by atomic mass is 10.1. The second-order valence-electron chi connectivity index (χ2n) is 2.97. The van der Waals surface area contributed by atoms with Crippen LogP contribution in [-0.4, -0.2) is 5.11 Å². The molecule has 0 spiro atoms. The monoisotopic (exact) mass is 190 g/mol. The minimum absolute atomic E-state index is 0.147. The lowest BCUT2D eigenvalue weighted by Crippen LogP contribution is -2.31. The Kier molecular flexibility index (Phi) is 2.02. The van der Waals surface area contributed by atoms with Crippen LogP contribution in [0.4, 0.5) is 0 Å². The van der Waals surface area contributed by atoms with E-state index in [1.54, 1.807) is 0 Å². The Labute approximate surface area is 82.4 Å². The molecule has 0 radical (unpaired) electrons. The summed E-state index contributed by atoms with van der Waals surface area (Å²) in [6.07, 6.45) is 4.13. The highest BCUT2D eigenvalue weighted by molar-refractivity contribution is 7.80. The molecule has 0 amide bonds. The van der Waals surface area contributed by atoms with E-state index in [0.717, 1.165) is 0 Å². The molecule has 13 heavy (non-hydrogen) atoms. The van der Waals surface area contributed by atoms with Crippen molar-refractivity contribution in [1.82, 2.24) is 5.32 Å². The van der Waals surface area contributed by atoms with E-state index in [1.165, 1.54) is 11.1 Å². The zero-order valence-electron chi connectivity index (χ0n) is 7.03. The van der Waals surface area contributed by atoms with E-state index < -0.39 is 0 Å². The predicted octanol–water partition coefficient (Wildman–Crippen LogP) is 1.59. The molecule has 3 heteroatoms. The number of nitrogens with two attached hydrogens (primary N) is 1. The van der Waals surface area contributed by atoms with E-state index in [0.29, 0.717) is 5.11 Å². The molecule has 1 aromatic rings. The number of rotatable bonds is 1. The van der Waals surface area contributed by atoms with Gasteiger partial charge in [-0.25, -0.2) is 0 Å². The van der Waals surface area contributed by atoms with Gasteiger partial charge in [0.1, 0.15) is 0 Å². The highest BCUT2D eigenvalue weighted by Gasteiger charge is 2.15. The molecule has 1 aliphatic carbocycles. The van der Waals surface area contributed by atoms with Crippen molar-refractivity contribution in [3.63, 3.8) is 0 Å². The average Bonchev–Trinajstić information content (AvgIpc) is 2.48. The van der Waals surface area contributed by atoms with Gasteiger partial charge in [0.25, 0.3) is 0 Å². The SMILES string of the molecule is NC(=S)NC1C=Cc2ccccc21. The van der Waals surface area contributed by atoms with Gasteiger partial charge in [-0.1, -0.05) is 36.4 Å². The minimum Gasteiger partial charge on any atom is -0.376 e. The van der Waals surface area contributed by atoms with Gasteiger partial charge in [-0.15, -0.1) is 0 Å². The van der Waals surface area contributed by atoms with Gasteiger partial charge in [0.2, 0.25) is 0 Å². The van der Waals surface area contributed by atoms with Gasteiger partial charge in [0.15, 0.2) is 5.11 Å². The van der Waals surface area contributed by atoms with E-state index in [4.69, 9.17) is 18.0 Å². The van der Waals surface area contributed by atoms with E-state index in [1.807, 2.05) is 12.1 Å². The van der Waals surface area contributed by atoms with E-state index in [-0.39, 0.29) is 6.04 Å². The molecule has 1 aromatic carbocycles. The average molecular weight is 190 g/mol. The highest BCUT2D eigenvalue weighted by Crippen LogP contribution is 2.27. The highest BCUT2D eigenvalue weighted by atomic mass is 32.1. The summed E-state index contributed by atoms with van der Waals surface area (Å²) in [7, 11) is 0. The van der Waals surface area contributed by atoms with Crippen LogP contribution in [0.3, 0.4) is 0 Å². The van der Waals surface area contributed by atoms with Crippen LogP contribution >= 0.6 is 12.2 Å². The van der Waals surface area contributed by atoms with Crippen molar-refractivity contribution in [2.75, 3.05) is 0 Å². The number of hydrogen-bond donors (Lipinski definition) is 2. The molecule has 2 nitrogen and oxygen atoms in total. The molecule has 0 aliphatic heterocycles. The third kappa shape index (κ3) is 1.55. The third-order valence-electron chi connectivity index (χ3n) is 2.10. The molecular weight excluding hydrogens is 180 g/mol. The van der Waals surface area contributed by atoms with Crippen molar-refractivity contribution in [2.45, 2.75) is 6.04 Å². The van der Waals surface area contributed by atoms with Crippen molar-refractivity contribution >= 4 is 23.4 Å². The van der Waals surface area contributed by atoms with Crippen molar-refractivity contribution in [3.8, 4) is 0 Å². The Morgan fingerprint density at radius 2 is 2.15 bits per heavy atom. The van der Waals surface area contributed by atoms with Crippen LogP contribution in [0.5, 0.6) is 0 Å². The van der Waals surface area contributed by atoms with E-state index in [2.05, 4.69) is 29.6 Å². The van der Waals surface area contributed by atoms with Gasteiger partial charge in [-0.05, 0) is 23.3 Å². The Morgan fingerprint density at radius 3 is 2.92 bits per heavy atom. The number of benzene rings is 1. The van der Waals surface area contributed by atoms with Crippen LogP contribution in [0.2, 0.25) is 0 Å². The molecule has 66 valence electrons. The van der Waals surface area contributed by atoms with Gasteiger partial charge < -0.3 is 11.1 Å². The van der Waals surface area contributed by atoms with Crippen molar-refractivity contribution < 1.29 is 0 Å². The topological polar surface area (TPSA) is 38.0 Å².